The van der Waals surface area contributed by atoms with Crippen molar-refractivity contribution in [3.63, 3.8) is 0 Å². The first-order valence-corrected chi connectivity index (χ1v) is 2.91. The summed E-state index contributed by atoms with van der Waals surface area (Å²) in [6.45, 7) is 6.79. The molecule has 0 heterocycles. The van der Waals surface area contributed by atoms with Crippen molar-refractivity contribution < 1.29 is 5.11 Å². The van der Waals surface area contributed by atoms with Crippen LogP contribution in [0, 0.1) is 11.3 Å². The molecule has 0 unspecified atom stereocenters. The molecule has 3 nitrogen and oxygen atoms in total. The molecular formula is C7H14N2O. The van der Waals surface area contributed by atoms with E-state index in [-0.39, 0.29) is 0 Å². The molecule has 10 heavy (non-hydrogen) atoms. The first kappa shape index (κ1) is 11.9. The van der Waals surface area contributed by atoms with Crippen LogP contribution in [-0.2, 0) is 0 Å². The van der Waals surface area contributed by atoms with Gasteiger partial charge in [-0.3, -0.25) is 0 Å². The highest BCUT2D eigenvalue weighted by Crippen LogP contribution is 1.93. The first-order valence-electron chi connectivity index (χ1n) is 2.91. The summed E-state index contributed by atoms with van der Waals surface area (Å²) in [7, 11) is 0. The van der Waals surface area contributed by atoms with Crippen molar-refractivity contribution in [2.75, 3.05) is 6.54 Å². The van der Waals surface area contributed by atoms with E-state index in [2.05, 4.69) is 6.58 Å². The lowest BCUT2D eigenvalue weighted by Gasteiger charge is -2.11. The molecule has 0 radical (unpaired) electrons. The largest absolute Gasteiger partial charge is 0.389 e. The van der Waals surface area contributed by atoms with Gasteiger partial charge >= 0.3 is 0 Å². The molecule has 0 bridgehead atoms. The summed E-state index contributed by atoms with van der Waals surface area (Å²) in [4.78, 5) is 0. The second kappa shape index (κ2) is 6.27. The third-order valence-electron chi connectivity index (χ3n) is 0.591. The molecular weight excluding hydrogens is 128 g/mol. The predicted octanol–water partition coefficient (Wildman–Crippen LogP) is 0.412. The van der Waals surface area contributed by atoms with Crippen LogP contribution in [-0.4, -0.2) is 17.3 Å². The van der Waals surface area contributed by atoms with Crippen molar-refractivity contribution in [1.82, 2.24) is 0 Å². The lowest BCUT2D eigenvalue weighted by atomic mass is 10.1. The zero-order valence-electron chi connectivity index (χ0n) is 6.46. The number of nitrogens with two attached hydrogens (primary N) is 1. The molecule has 0 spiro atoms. The fraction of sp³-hybridized carbons (Fsp3) is 0.571. The van der Waals surface area contributed by atoms with Gasteiger partial charge in [0.2, 0.25) is 0 Å². The molecule has 0 saturated carbocycles. The fourth-order valence-corrected chi connectivity index (χ4v) is 0. The van der Waals surface area contributed by atoms with Crippen LogP contribution >= 0.6 is 0 Å². The summed E-state index contributed by atoms with van der Waals surface area (Å²) in [5.41, 5.74) is 4.38. The van der Waals surface area contributed by atoms with E-state index in [1.165, 1.54) is 6.08 Å². The smallest absolute Gasteiger partial charge is 0.0905 e. The Balaban J connectivity index is 0. The molecule has 3 N–H and O–H groups in total. The van der Waals surface area contributed by atoms with Crippen LogP contribution in [0.4, 0.5) is 0 Å². The highest BCUT2D eigenvalue weighted by Gasteiger charge is 2.06. The lowest BCUT2D eigenvalue weighted by Crippen LogP contribution is -2.29. The van der Waals surface area contributed by atoms with Gasteiger partial charge in [-0.2, -0.15) is 5.26 Å². The molecule has 3 heteroatoms. The molecule has 0 amide bonds. The van der Waals surface area contributed by atoms with E-state index in [1.54, 1.807) is 19.9 Å². The van der Waals surface area contributed by atoms with E-state index in [4.69, 9.17) is 16.1 Å². The van der Waals surface area contributed by atoms with Crippen molar-refractivity contribution in [1.29, 1.82) is 5.26 Å². The Labute approximate surface area is 61.8 Å². The Morgan fingerprint density at radius 2 is 2.00 bits per heavy atom. The fourth-order valence-electron chi connectivity index (χ4n) is 0. The van der Waals surface area contributed by atoms with Gasteiger partial charge in [0.25, 0.3) is 0 Å². The minimum Gasteiger partial charge on any atom is -0.389 e. The molecule has 0 aromatic heterocycles. The molecule has 0 aromatic rings. The van der Waals surface area contributed by atoms with Crippen LogP contribution in [0.15, 0.2) is 12.7 Å². The van der Waals surface area contributed by atoms with E-state index < -0.39 is 5.60 Å². The molecule has 0 saturated heterocycles. The van der Waals surface area contributed by atoms with Crippen molar-refractivity contribution >= 4 is 0 Å². The van der Waals surface area contributed by atoms with Crippen molar-refractivity contribution in [3.8, 4) is 6.07 Å². The standard InChI is InChI=1S/C4H11NO.C3H3N/c1-4(2,6)3-5;1-2-3-4/h6H,3,5H2,1-2H3;2H,1H2. The first-order chi connectivity index (χ1) is 4.47. The number of hydrogen-bond acceptors (Lipinski definition) is 3. The average Bonchev–Trinajstić information content (AvgIpc) is 1.87. The third-order valence-corrected chi connectivity index (χ3v) is 0.591. The Kier molecular flexibility index (Phi) is 7.46. The minimum absolute atomic E-state index is 0.326. The van der Waals surface area contributed by atoms with Gasteiger partial charge in [0.1, 0.15) is 0 Å². The number of rotatable bonds is 1. The number of nitriles is 1. The summed E-state index contributed by atoms with van der Waals surface area (Å²) >= 11 is 0. The van der Waals surface area contributed by atoms with E-state index in [1.807, 2.05) is 0 Å². The predicted molar refractivity (Wildman–Crippen MR) is 41.2 cm³/mol. The van der Waals surface area contributed by atoms with E-state index in [0.29, 0.717) is 6.54 Å². The van der Waals surface area contributed by atoms with E-state index >= 15 is 0 Å². The van der Waals surface area contributed by atoms with Crippen LogP contribution in [0.5, 0.6) is 0 Å². The van der Waals surface area contributed by atoms with Gasteiger partial charge in [0, 0.05) is 12.6 Å². The van der Waals surface area contributed by atoms with Crippen molar-refractivity contribution in [2.24, 2.45) is 5.73 Å². The highest BCUT2D eigenvalue weighted by molar-refractivity contribution is 4.93. The zero-order valence-corrected chi connectivity index (χ0v) is 6.46. The highest BCUT2D eigenvalue weighted by atomic mass is 16.3. The van der Waals surface area contributed by atoms with Gasteiger partial charge in [0.05, 0.1) is 11.7 Å². The third kappa shape index (κ3) is 27.3. The second-order valence-corrected chi connectivity index (χ2v) is 2.35. The molecule has 0 rings (SSSR count). The van der Waals surface area contributed by atoms with Crippen LogP contribution in [0.2, 0.25) is 0 Å². The second-order valence-electron chi connectivity index (χ2n) is 2.35. The number of aliphatic hydroxyl groups is 1. The average molecular weight is 142 g/mol. The molecule has 0 aliphatic heterocycles. The summed E-state index contributed by atoms with van der Waals surface area (Å²) in [5.74, 6) is 0. The van der Waals surface area contributed by atoms with Gasteiger partial charge in [-0.15, -0.1) is 0 Å². The zero-order chi connectivity index (χ0) is 8.62. The van der Waals surface area contributed by atoms with Gasteiger partial charge in [-0.25, -0.2) is 0 Å². The quantitative estimate of drug-likeness (QED) is 0.521. The maximum atomic E-state index is 8.70. The Hall–Kier alpha value is -0.850. The number of hydrogen-bond donors (Lipinski definition) is 2. The molecule has 0 aromatic carbocycles. The molecule has 0 aliphatic carbocycles. The Bertz CT molecular complexity index is 119. The van der Waals surface area contributed by atoms with Gasteiger partial charge in [-0.1, -0.05) is 6.58 Å². The maximum Gasteiger partial charge on any atom is 0.0905 e. The van der Waals surface area contributed by atoms with Crippen LogP contribution in [0.3, 0.4) is 0 Å². The molecule has 0 atom stereocenters. The Morgan fingerprint density at radius 3 is 2.00 bits per heavy atom. The van der Waals surface area contributed by atoms with Gasteiger partial charge in [0.15, 0.2) is 0 Å². The minimum atomic E-state index is -0.681. The molecule has 0 fully saturated rings. The summed E-state index contributed by atoms with van der Waals surface area (Å²) in [6, 6.07) is 1.69. The van der Waals surface area contributed by atoms with Crippen LogP contribution in [0.25, 0.3) is 0 Å². The Morgan fingerprint density at radius 1 is 1.80 bits per heavy atom. The van der Waals surface area contributed by atoms with Gasteiger partial charge in [-0.05, 0) is 13.8 Å². The van der Waals surface area contributed by atoms with Crippen molar-refractivity contribution in [2.45, 2.75) is 19.4 Å². The van der Waals surface area contributed by atoms with Gasteiger partial charge < -0.3 is 10.8 Å². The van der Waals surface area contributed by atoms with E-state index in [9.17, 15) is 0 Å². The monoisotopic (exact) mass is 142 g/mol. The maximum absolute atomic E-state index is 8.70. The van der Waals surface area contributed by atoms with Crippen molar-refractivity contribution in [3.05, 3.63) is 12.7 Å². The van der Waals surface area contributed by atoms with Crippen LogP contribution in [0.1, 0.15) is 13.8 Å². The summed E-state index contributed by atoms with van der Waals surface area (Å²) in [6.07, 6.45) is 1.18. The topological polar surface area (TPSA) is 70.0 Å². The number of allylic oxidation sites excluding steroid dienone is 1. The van der Waals surface area contributed by atoms with E-state index in [0.717, 1.165) is 0 Å². The normalized spacial score (nSPS) is 8.70. The molecule has 58 valence electrons. The molecule has 0 aliphatic rings. The SMILES string of the molecule is C=CC#N.CC(C)(O)CN. The lowest BCUT2D eigenvalue weighted by molar-refractivity contribution is 0.0898. The summed E-state index contributed by atoms with van der Waals surface area (Å²) in [5, 5.41) is 16.2. The number of nitrogens with zero attached hydrogens (tertiary/aromatic N) is 1. The van der Waals surface area contributed by atoms with Crippen LogP contribution < -0.4 is 5.73 Å². The summed E-state index contributed by atoms with van der Waals surface area (Å²) < 4.78 is 0.